The molecule has 2 N–H and O–H groups in total. The van der Waals surface area contributed by atoms with Gasteiger partial charge in [0.25, 0.3) is 0 Å². The van der Waals surface area contributed by atoms with Crippen LogP contribution in [0.5, 0.6) is 5.75 Å². The third kappa shape index (κ3) is 2.51. The van der Waals surface area contributed by atoms with Crippen molar-refractivity contribution in [1.82, 2.24) is 9.97 Å². The lowest BCUT2D eigenvalue weighted by Crippen LogP contribution is -1.99. The van der Waals surface area contributed by atoms with E-state index in [-0.39, 0.29) is 5.69 Å². The number of nitrogens with zero attached hydrogens (tertiary/aromatic N) is 1. The summed E-state index contributed by atoms with van der Waals surface area (Å²) in [4.78, 5) is 17.9. The zero-order valence-corrected chi connectivity index (χ0v) is 10.2. The van der Waals surface area contributed by atoms with Gasteiger partial charge in [-0.15, -0.1) is 0 Å². The van der Waals surface area contributed by atoms with Crippen molar-refractivity contribution < 1.29 is 14.6 Å². The summed E-state index contributed by atoms with van der Waals surface area (Å²) >= 11 is 0. The minimum atomic E-state index is -1.01. The number of rotatable bonds is 4. The first-order valence-corrected chi connectivity index (χ1v) is 5.52. The Hall–Kier alpha value is -2.30. The molecule has 0 aliphatic carbocycles. The number of H-pyrrole nitrogens is 1. The zero-order valence-electron chi connectivity index (χ0n) is 10.2. The molecular weight excluding hydrogens is 232 g/mol. The van der Waals surface area contributed by atoms with Gasteiger partial charge in [-0.3, -0.25) is 0 Å². The molecule has 0 fully saturated rings. The van der Waals surface area contributed by atoms with Gasteiger partial charge in [0, 0.05) is 12.1 Å². The molecule has 5 heteroatoms. The van der Waals surface area contributed by atoms with E-state index in [0.29, 0.717) is 17.9 Å². The van der Waals surface area contributed by atoms with E-state index in [1.165, 1.54) is 0 Å². The van der Waals surface area contributed by atoms with Crippen LogP contribution in [0.3, 0.4) is 0 Å². The average Bonchev–Trinajstić information content (AvgIpc) is 2.70. The molecule has 1 aromatic carbocycles. The van der Waals surface area contributed by atoms with Gasteiger partial charge < -0.3 is 14.8 Å². The number of imidazole rings is 1. The maximum atomic E-state index is 10.9. The summed E-state index contributed by atoms with van der Waals surface area (Å²) in [5, 5.41) is 8.92. The molecule has 0 unspecified atom stereocenters. The third-order valence-corrected chi connectivity index (χ3v) is 2.64. The molecule has 2 aromatic rings. The summed E-state index contributed by atoms with van der Waals surface area (Å²) in [7, 11) is 1.61. The maximum Gasteiger partial charge on any atom is 0.356 e. The fourth-order valence-electron chi connectivity index (χ4n) is 1.79. The number of aromatic nitrogens is 2. The monoisotopic (exact) mass is 246 g/mol. The van der Waals surface area contributed by atoms with Gasteiger partial charge in [0.1, 0.15) is 11.6 Å². The van der Waals surface area contributed by atoms with E-state index in [2.05, 4.69) is 9.97 Å². The minimum absolute atomic E-state index is 0.0768. The smallest absolute Gasteiger partial charge is 0.356 e. The molecular formula is C13H14N2O3. The molecule has 0 amide bonds. The van der Waals surface area contributed by atoms with Gasteiger partial charge in [-0.1, -0.05) is 12.1 Å². The first kappa shape index (κ1) is 12.2. The van der Waals surface area contributed by atoms with Gasteiger partial charge in [0.15, 0.2) is 5.69 Å². The number of benzene rings is 1. The van der Waals surface area contributed by atoms with Gasteiger partial charge in [0.2, 0.25) is 0 Å². The lowest BCUT2D eigenvalue weighted by molar-refractivity contribution is 0.0690. The molecule has 0 bridgehead atoms. The molecule has 0 aliphatic heterocycles. The number of hydrogen-bond donors (Lipinski definition) is 2. The molecule has 0 saturated carbocycles. The SMILES string of the molecule is COc1cccc(Cc2nc(C(=O)O)c(C)[nH]2)c1. The van der Waals surface area contributed by atoms with E-state index >= 15 is 0 Å². The summed E-state index contributed by atoms with van der Waals surface area (Å²) in [6.07, 6.45) is 0.547. The Morgan fingerprint density at radius 1 is 1.50 bits per heavy atom. The number of carbonyl (C=O) groups is 1. The summed E-state index contributed by atoms with van der Waals surface area (Å²) in [6, 6.07) is 7.60. The van der Waals surface area contributed by atoms with Crippen molar-refractivity contribution in [1.29, 1.82) is 0 Å². The summed E-state index contributed by atoms with van der Waals surface area (Å²) in [5.74, 6) is 0.396. The fourth-order valence-corrected chi connectivity index (χ4v) is 1.79. The first-order valence-electron chi connectivity index (χ1n) is 5.52. The Balaban J connectivity index is 2.23. The second-order valence-electron chi connectivity index (χ2n) is 3.99. The number of nitrogens with one attached hydrogen (secondary N) is 1. The van der Waals surface area contributed by atoms with E-state index in [0.717, 1.165) is 11.3 Å². The number of ether oxygens (including phenoxy) is 1. The summed E-state index contributed by atoms with van der Waals surface area (Å²) in [6.45, 7) is 1.70. The topological polar surface area (TPSA) is 75.2 Å². The van der Waals surface area contributed by atoms with Crippen LogP contribution in [0.1, 0.15) is 27.6 Å². The van der Waals surface area contributed by atoms with Crippen LogP contribution in [0.2, 0.25) is 0 Å². The van der Waals surface area contributed by atoms with Gasteiger partial charge >= 0.3 is 5.97 Å². The van der Waals surface area contributed by atoms with Gasteiger partial charge in [-0.05, 0) is 24.6 Å². The number of carboxylic acids is 1. The Morgan fingerprint density at radius 3 is 2.89 bits per heavy atom. The highest BCUT2D eigenvalue weighted by molar-refractivity contribution is 5.86. The Morgan fingerprint density at radius 2 is 2.28 bits per heavy atom. The number of methoxy groups -OCH3 is 1. The van der Waals surface area contributed by atoms with Crippen LogP contribution < -0.4 is 4.74 Å². The molecule has 0 radical (unpaired) electrons. The van der Waals surface area contributed by atoms with Crippen molar-refractivity contribution in [2.24, 2.45) is 0 Å². The predicted molar refractivity (Wildman–Crippen MR) is 66.1 cm³/mol. The minimum Gasteiger partial charge on any atom is -0.497 e. The molecule has 0 spiro atoms. The molecule has 5 nitrogen and oxygen atoms in total. The normalized spacial score (nSPS) is 10.3. The van der Waals surface area contributed by atoms with Crippen LogP contribution in [-0.2, 0) is 6.42 Å². The number of aromatic carboxylic acids is 1. The molecule has 2 rings (SSSR count). The van der Waals surface area contributed by atoms with Gasteiger partial charge in [0.05, 0.1) is 7.11 Å². The lowest BCUT2D eigenvalue weighted by Gasteiger charge is -2.02. The van der Waals surface area contributed by atoms with Crippen LogP contribution in [-0.4, -0.2) is 28.2 Å². The van der Waals surface area contributed by atoms with E-state index in [1.54, 1.807) is 14.0 Å². The van der Waals surface area contributed by atoms with Crippen LogP contribution in [0, 0.1) is 6.92 Å². The standard InChI is InChI=1S/C13H14N2O3/c1-8-12(13(16)17)15-11(14-8)7-9-4-3-5-10(6-9)18-2/h3-6H,7H2,1-2H3,(H,14,15)(H,16,17). The Bertz CT molecular complexity index is 575. The zero-order chi connectivity index (χ0) is 13.1. The molecule has 18 heavy (non-hydrogen) atoms. The van der Waals surface area contributed by atoms with E-state index in [4.69, 9.17) is 9.84 Å². The van der Waals surface area contributed by atoms with Gasteiger partial charge in [-0.2, -0.15) is 0 Å². The molecule has 1 heterocycles. The number of hydrogen-bond acceptors (Lipinski definition) is 3. The molecule has 94 valence electrons. The molecule has 0 saturated heterocycles. The predicted octanol–water partition coefficient (Wildman–Crippen LogP) is 2.02. The maximum absolute atomic E-state index is 10.9. The summed E-state index contributed by atoms with van der Waals surface area (Å²) < 4.78 is 5.13. The van der Waals surface area contributed by atoms with E-state index < -0.39 is 5.97 Å². The van der Waals surface area contributed by atoms with Crippen LogP contribution in [0.15, 0.2) is 24.3 Å². The lowest BCUT2D eigenvalue weighted by atomic mass is 10.1. The highest BCUT2D eigenvalue weighted by Crippen LogP contribution is 2.15. The van der Waals surface area contributed by atoms with Crippen molar-refractivity contribution in [2.75, 3.05) is 7.11 Å². The van der Waals surface area contributed by atoms with Crippen LogP contribution in [0.4, 0.5) is 0 Å². The second kappa shape index (κ2) is 4.91. The van der Waals surface area contributed by atoms with Crippen molar-refractivity contribution in [3.8, 4) is 5.75 Å². The van der Waals surface area contributed by atoms with Crippen molar-refractivity contribution in [3.63, 3.8) is 0 Å². The highest BCUT2D eigenvalue weighted by atomic mass is 16.5. The van der Waals surface area contributed by atoms with Gasteiger partial charge in [-0.25, -0.2) is 9.78 Å². The molecule has 0 atom stereocenters. The molecule has 0 aliphatic rings. The summed E-state index contributed by atoms with van der Waals surface area (Å²) in [5.41, 5.74) is 1.66. The first-order chi connectivity index (χ1) is 8.60. The van der Waals surface area contributed by atoms with Crippen molar-refractivity contribution >= 4 is 5.97 Å². The van der Waals surface area contributed by atoms with E-state index in [1.807, 2.05) is 24.3 Å². The largest absolute Gasteiger partial charge is 0.497 e. The highest BCUT2D eigenvalue weighted by Gasteiger charge is 2.13. The van der Waals surface area contributed by atoms with Crippen LogP contribution in [0.25, 0.3) is 0 Å². The number of aromatic amines is 1. The fraction of sp³-hybridized carbons (Fsp3) is 0.231. The number of aryl methyl sites for hydroxylation is 1. The quantitative estimate of drug-likeness (QED) is 0.865. The van der Waals surface area contributed by atoms with E-state index in [9.17, 15) is 4.79 Å². The number of carboxylic acid groups (broad SMARTS) is 1. The second-order valence-corrected chi connectivity index (χ2v) is 3.99. The van der Waals surface area contributed by atoms with Crippen molar-refractivity contribution in [2.45, 2.75) is 13.3 Å². The Kier molecular flexibility index (Phi) is 3.32. The average molecular weight is 246 g/mol. The van der Waals surface area contributed by atoms with Crippen LogP contribution >= 0.6 is 0 Å². The molecule has 1 aromatic heterocycles. The third-order valence-electron chi connectivity index (χ3n) is 2.64. The van der Waals surface area contributed by atoms with Crippen molar-refractivity contribution in [3.05, 3.63) is 47.0 Å². The Labute approximate surface area is 104 Å².